The number of piperazine rings is 1. The third-order valence-corrected chi connectivity index (χ3v) is 5.56. The van der Waals surface area contributed by atoms with Crippen LogP contribution in [-0.4, -0.2) is 55.9 Å². The van der Waals surface area contributed by atoms with E-state index in [0.29, 0.717) is 31.2 Å². The molecule has 2 heterocycles. The standard InChI is InChI=1S/C22H32ClN5O2/c1-6-11-28-16(2)24-25-20(28)15-26-12-13-27(21(29)30-22(3,4)5)14-19(26)17-9-7-8-10-18(17)23/h7-10,19H,6,11-15H2,1-5H3/t19-/m0/s1. The van der Waals surface area contributed by atoms with E-state index in [1.807, 2.05) is 52.0 Å². The SMILES string of the molecule is CCCn1c(C)nnc1CN1CCN(C(=O)OC(C)(C)C)C[C@H]1c1ccccc1Cl. The van der Waals surface area contributed by atoms with Crippen molar-refractivity contribution in [3.63, 3.8) is 0 Å². The fourth-order valence-corrected chi connectivity index (χ4v) is 4.04. The molecule has 1 saturated heterocycles. The summed E-state index contributed by atoms with van der Waals surface area (Å²) in [4.78, 5) is 16.8. The summed E-state index contributed by atoms with van der Waals surface area (Å²) < 4.78 is 7.78. The van der Waals surface area contributed by atoms with E-state index < -0.39 is 5.60 Å². The highest BCUT2D eigenvalue weighted by atomic mass is 35.5. The van der Waals surface area contributed by atoms with Gasteiger partial charge < -0.3 is 14.2 Å². The van der Waals surface area contributed by atoms with Gasteiger partial charge in [-0.2, -0.15) is 0 Å². The normalized spacial score (nSPS) is 17.9. The van der Waals surface area contributed by atoms with Crippen molar-refractivity contribution in [3.05, 3.63) is 46.5 Å². The van der Waals surface area contributed by atoms with Crippen LogP contribution in [0.1, 0.15) is 57.4 Å². The van der Waals surface area contributed by atoms with Crippen molar-refractivity contribution >= 4 is 17.7 Å². The molecule has 0 saturated carbocycles. The molecule has 3 rings (SSSR count). The van der Waals surface area contributed by atoms with E-state index >= 15 is 0 Å². The van der Waals surface area contributed by atoms with E-state index in [4.69, 9.17) is 16.3 Å². The summed E-state index contributed by atoms with van der Waals surface area (Å²) in [5.41, 5.74) is 0.480. The Bertz CT molecular complexity index is 877. The number of aryl methyl sites for hydroxylation is 1. The lowest BCUT2D eigenvalue weighted by atomic mass is 10.0. The highest BCUT2D eigenvalue weighted by Gasteiger charge is 2.34. The smallest absolute Gasteiger partial charge is 0.410 e. The van der Waals surface area contributed by atoms with E-state index in [9.17, 15) is 4.79 Å². The Morgan fingerprint density at radius 2 is 1.97 bits per heavy atom. The molecule has 0 spiro atoms. The quantitative estimate of drug-likeness (QED) is 0.697. The van der Waals surface area contributed by atoms with Crippen molar-refractivity contribution in [2.24, 2.45) is 0 Å². The van der Waals surface area contributed by atoms with Crippen LogP contribution in [0.25, 0.3) is 0 Å². The third-order valence-electron chi connectivity index (χ3n) is 5.21. The molecule has 0 N–H and O–H groups in total. The molecular weight excluding hydrogens is 402 g/mol. The molecule has 1 fully saturated rings. The number of halogens is 1. The maximum Gasteiger partial charge on any atom is 0.410 e. The Morgan fingerprint density at radius 3 is 2.63 bits per heavy atom. The predicted molar refractivity (Wildman–Crippen MR) is 117 cm³/mol. The molecule has 164 valence electrons. The molecule has 7 nitrogen and oxygen atoms in total. The molecule has 1 atom stereocenters. The van der Waals surface area contributed by atoms with Crippen LogP contribution in [0.2, 0.25) is 5.02 Å². The number of carbonyl (C=O) groups is 1. The van der Waals surface area contributed by atoms with E-state index in [0.717, 1.165) is 30.2 Å². The van der Waals surface area contributed by atoms with Gasteiger partial charge in [0.2, 0.25) is 0 Å². The minimum atomic E-state index is -0.526. The van der Waals surface area contributed by atoms with Crippen LogP contribution in [0.4, 0.5) is 4.79 Å². The zero-order valence-corrected chi connectivity index (χ0v) is 19.3. The molecule has 1 amide bonds. The van der Waals surface area contributed by atoms with Crippen molar-refractivity contribution in [2.45, 2.75) is 65.8 Å². The lowest BCUT2D eigenvalue weighted by Gasteiger charge is -2.42. The molecule has 30 heavy (non-hydrogen) atoms. The van der Waals surface area contributed by atoms with Gasteiger partial charge in [-0.25, -0.2) is 4.79 Å². The average molecular weight is 434 g/mol. The maximum atomic E-state index is 12.7. The number of hydrogen-bond donors (Lipinski definition) is 0. The first-order valence-electron chi connectivity index (χ1n) is 10.5. The summed E-state index contributed by atoms with van der Waals surface area (Å²) in [6.45, 7) is 13.1. The molecule has 0 bridgehead atoms. The summed E-state index contributed by atoms with van der Waals surface area (Å²) in [6, 6.07) is 7.78. The largest absolute Gasteiger partial charge is 0.444 e. The van der Waals surface area contributed by atoms with Gasteiger partial charge in [0.15, 0.2) is 0 Å². The van der Waals surface area contributed by atoms with Crippen LogP contribution < -0.4 is 0 Å². The molecule has 1 aliphatic heterocycles. The first kappa shape index (κ1) is 22.6. The summed E-state index contributed by atoms with van der Waals surface area (Å²) in [5, 5.41) is 9.39. The van der Waals surface area contributed by atoms with Gasteiger partial charge in [-0.15, -0.1) is 10.2 Å². The van der Waals surface area contributed by atoms with Gasteiger partial charge in [0.25, 0.3) is 0 Å². The summed E-state index contributed by atoms with van der Waals surface area (Å²) >= 11 is 6.55. The lowest BCUT2D eigenvalue weighted by Crippen LogP contribution is -2.51. The lowest BCUT2D eigenvalue weighted by molar-refractivity contribution is 0.00146. The van der Waals surface area contributed by atoms with Crippen LogP contribution in [0.15, 0.2) is 24.3 Å². The second-order valence-electron chi connectivity index (χ2n) is 8.75. The van der Waals surface area contributed by atoms with Crippen LogP contribution >= 0.6 is 11.6 Å². The molecule has 1 aromatic heterocycles. The third kappa shape index (κ3) is 5.32. The molecule has 0 unspecified atom stereocenters. The van der Waals surface area contributed by atoms with Crippen molar-refractivity contribution < 1.29 is 9.53 Å². The Balaban J connectivity index is 1.86. The zero-order chi connectivity index (χ0) is 21.9. The number of amides is 1. The molecule has 8 heteroatoms. The fraction of sp³-hybridized carbons (Fsp3) is 0.591. The minimum absolute atomic E-state index is 0.0490. The monoisotopic (exact) mass is 433 g/mol. The number of carbonyl (C=O) groups excluding carboxylic acids is 1. The van der Waals surface area contributed by atoms with E-state index in [-0.39, 0.29) is 12.1 Å². The topological polar surface area (TPSA) is 63.5 Å². The Morgan fingerprint density at radius 1 is 1.23 bits per heavy atom. The van der Waals surface area contributed by atoms with Crippen LogP contribution in [0.5, 0.6) is 0 Å². The second-order valence-corrected chi connectivity index (χ2v) is 9.16. The number of benzene rings is 1. The molecule has 2 aromatic rings. The number of ether oxygens (including phenoxy) is 1. The fourth-order valence-electron chi connectivity index (χ4n) is 3.78. The van der Waals surface area contributed by atoms with Crippen LogP contribution in [0.3, 0.4) is 0 Å². The van der Waals surface area contributed by atoms with Gasteiger partial charge in [0.05, 0.1) is 12.6 Å². The van der Waals surface area contributed by atoms with E-state index in [1.165, 1.54) is 0 Å². The number of rotatable bonds is 5. The van der Waals surface area contributed by atoms with Gasteiger partial charge in [-0.1, -0.05) is 36.7 Å². The summed E-state index contributed by atoms with van der Waals surface area (Å²) in [7, 11) is 0. The molecule has 0 aliphatic carbocycles. The van der Waals surface area contributed by atoms with Crippen molar-refractivity contribution in [3.8, 4) is 0 Å². The number of aromatic nitrogens is 3. The molecular formula is C22H32ClN5O2. The van der Waals surface area contributed by atoms with Crippen molar-refractivity contribution in [1.29, 1.82) is 0 Å². The summed E-state index contributed by atoms with van der Waals surface area (Å²) in [6.07, 6.45) is 0.732. The Kier molecular flexibility index (Phi) is 7.03. The first-order chi connectivity index (χ1) is 14.2. The Hall–Kier alpha value is -2.12. The highest BCUT2D eigenvalue weighted by Crippen LogP contribution is 2.32. The van der Waals surface area contributed by atoms with Gasteiger partial charge in [0.1, 0.15) is 17.2 Å². The minimum Gasteiger partial charge on any atom is -0.444 e. The number of hydrogen-bond acceptors (Lipinski definition) is 5. The average Bonchev–Trinajstić information content (AvgIpc) is 3.01. The maximum absolute atomic E-state index is 12.7. The highest BCUT2D eigenvalue weighted by molar-refractivity contribution is 6.31. The van der Waals surface area contributed by atoms with Gasteiger partial charge >= 0.3 is 6.09 Å². The van der Waals surface area contributed by atoms with Gasteiger partial charge in [0, 0.05) is 31.2 Å². The molecule has 1 aliphatic rings. The van der Waals surface area contributed by atoms with Crippen LogP contribution in [0, 0.1) is 6.92 Å². The molecule has 0 radical (unpaired) electrons. The van der Waals surface area contributed by atoms with Crippen molar-refractivity contribution in [1.82, 2.24) is 24.6 Å². The second kappa shape index (κ2) is 9.35. The first-order valence-corrected chi connectivity index (χ1v) is 10.9. The summed E-state index contributed by atoms with van der Waals surface area (Å²) in [5.74, 6) is 1.87. The van der Waals surface area contributed by atoms with Crippen LogP contribution in [-0.2, 0) is 17.8 Å². The predicted octanol–water partition coefficient (Wildman–Crippen LogP) is 4.44. The number of nitrogens with zero attached hydrogens (tertiary/aromatic N) is 5. The molecule has 1 aromatic carbocycles. The van der Waals surface area contributed by atoms with Gasteiger partial charge in [-0.3, -0.25) is 4.90 Å². The van der Waals surface area contributed by atoms with E-state index in [2.05, 4.69) is 26.6 Å². The zero-order valence-electron chi connectivity index (χ0n) is 18.6. The van der Waals surface area contributed by atoms with E-state index in [1.54, 1.807) is 4.90 Å². The van der Waals surface area contributed by atoms with Gasteiger partial charge in [-0.05, 0) is 45.7 Å². The Labute approximate surface area is 184 Å². The van der Waals surface area contributed by atoms with Crippen molar-refractivity contribution in [2.75, 3.05) is 19.6 Å².